The molecule has 1 N–H and O–H groups in total. The molecule has 3 rings (SSSR count). The van der Waals surface area contributed by atoms with Crippen molar-refractivity contribution in [2.75, 3.05) is 7.11 Å². The molecule has 3 aromatic rings. The molecule has 128 valence electrons. The van der Waals surface area contributed by atoms with Crippen molar-refractivity contribution in [3.63, 3.8) is 0 Å². The smallest absolute Gasteiger partial charge is 0.356 e. The third-order valence-corrected chi connectivity index (χ3v) is 3.38. The van der Waals surface area contributed by atoms with Gasteiger partial charge in [0.2, 0.25) is 5.88 Å². The Bertz CT molecular complexity index is 890. The Balaban J connectivity index is 1.77. The highest BCUT2D eigenvalue weighted by Crippen LogP contribution is 2.16. The van der Waals surface area contributed by atoms with Gasteiger partial charge in [0.05, 0.1) is 7.11 Å². The van der Waals surface area contributed by atoms with Gasteiger partial charge in [-0.25, -0.2) is 14.5 Å². The molecule has 8 heteroatoms. The van der Waals surface area contributed by atoms with Gasteiger partial charge in [0, 0.05) is 18.0 Å². The monoisotopic (exact) mass is 340 g/mol. The van der Waals surface area contributed by atoms with Crippen molar-refractivity contribution < 1.29 is 19.4 Å². The average Bonchev–Trinajstić information content (AvgIpc) is 3.10. The highest BCUT2D eigenvalue weighted by Gasteiger charge is 2.11. The molecule has 0 aliphatic rings. The van der Waals surface area contributed by atoms with E-state index in [1.165, 1.54) is 16.9 Å². The Morgan fingerprint density at radius 1 is 1.20 bits per heavy atom. The van der Waals surface area contributed by atoms with Crippen LogP contribution in [0.1, 0.15) is 21.7 Å². The van der Waals surface area contributed by atoms with E-state index in [2.05, 4.69) is 15.1 Å². The fraction of sp³-hybridized carbons (Fsp3) is 0.176. The third-order valence-electron chi connectivity index (χ3n) is 3.38. The minimum absolute atomic E-state index is 0.0780. The molecule has 1 aromatic carbocycles. The predicted octanol–water partition coefficient (Wildman–Crippen LogP) is 2.26. The quantitative estimate of drug-likeness (QED) is 0.734. The van der Waals surface area contributed by atoms with Gasteiger partial charge < -0.3 is 14.6 Å². The van der Waals surface area contributed by atoms with Gasteiger partial charge in [-0.2, -0.15) is 10.1 Å². The molecule has 0 unspecified atom stereocenters. The van der Waals surface area contributed by atoms with E-state index in [1.807, 2.05) is 24.3 Å². The first-order valence-corrected chi connectivity index (χ1v) is 7.46. The van der Waals surface area contributed by atoms with E-state index in [0.29, 0.717) is 18.2 Å². The molecule has 0 saturated carbocycles. The van der Waals surface area contributed by atoms with Crippen molar-refractivity contribution in [2.45, 2.75) is 13.5 Å². The number of ether oxygens (including phenoxy) is 2. The first-order chi connectivity index (χ1) is 12.0. The summed E-state index contributed by atoms with van der Waals surface area (Å²) >= 11 is 0. The number of hydrogen-bond donors (Lipinski definition) is 1. The second kappa shape index (κ2) is 7.00. The maximum atomic E-state index is 10.9. The lowest BCUT2D eigenvalue weighted by Crippen LogP contribution is -2.07. The molecule has 8 nitrogen and oxygen atoms in total. The lowest BCUT2D eigenvalue weighted by molar-refractivity contribution is 0.0690. The molecule has 0 aliphatic heterocycles. The van der Waals surface area contributed by atoms with Gasteiger partial charge in [0.1, 0.15) is 12.4 Å². The number of methoxy groups -OCH3 is 1. The zero-order valence-corrected chi connectivity index (χ0v) is 13.7. The van der Waals surface area contributed by atoms with Gasteiger partial charge in [-0.05, 0) is 30.7 Å². The van der Waals surface area contributed by atoms with Crippen LogP contribution >= 0.6 is 0 Å². The molecule has 0 saturated heterocycles. The molecule has 2 aromatic heterocycles. The average molecular weight is 340 g/mol. The molecule has 0 radical (unpaired) electrons. The highest BCUT2D eigenvalue weighted by atomic mass is 16.5. The summed E-state index contributed by atoms with van der Waals surface area (Å²) in [5.74, 6) is 0.294. The van der Waals surface area contributed by atoms with E-state index in [4.69, 9.17) is 14.6 Å². The van der Waals surface area contributed by atoms with Crippen LogP contribution in [0.2, 0.25) is 0 Å². The van der Waals surface area contributed by atoms with Crippen LogP contribution in [-0.4, -0.2) is 37.9 Å². The van der Waals surface area contributed by atoms with Crippen molar-refractivity contribution in [3.8, 4) is 17.6 Å². The molecule has 0 fully saturated rings. The van der Waals surface area contributed by atoms with Crippen LogP contribution in [0.15, 0.2) is 42.6 Å². The van der Waals surface area contributed by atoms with Crippen molar-refractivity contribution in [1.29, 1.82) is 0 Å². The van der Waals surface area contributed by atoms with Gasteiger partial charge in [0.25, 0.3) is 5.95 Å². The maximum absolute atomic E-state index is 10.9. The molecule has 0 atom stereocenters. The molecular weight excluding hydrogens is 324 g/mol. The van der Waals surface area contributed by atoms with Crippen LogP contribution in [0.25, 0.3) is 5.95 Å². The molecule has 0 spiro atoms. The summed E-state index contributed by atoms with van der Waals surface area (Å²) in [6.45, 7) is 2.13. The zero-order valence-electron chi connectivity index (χ0n) is 13.7. The first-order valence-electron chi connectivity index (χ1n) is 7.46. The highest BCUT2D eigenvalue weighted by molar-refractivity contribution is 5.85. The Hall–Kier alpha value is -3.42. The normalized spacial score (nSPS) is 10.5. The van der Waals surface area contributed by atoms with Gasteiger partial charge in [-0.15, -0.1) is 0 Å². The summed E-state index contributed by atoms with van der Waals surface area (Å²) in [7, 11) is 1.61. The summed E-state index contributed by atoms with van der Waals surface area (Å²) in [4.78, 5) is 19.5. The number of aromatic nitrogens is 4. The molecule has 0 amide bonds. The third kappa shape index (κ3) is 3.92. The fourth-order valence-electron chi connectivity index (χ4n) is 2.13. The Labute approximate surface area is 143 Å². The lowest BCUT2D eigenvalue weighted by atomic mass is 10.2. The number of hydrogen-bond acceptors (Lipinski definition) is 6. The van der Waals surface area contributed by atoms with Crippen molar-refractivity contribution >= 4 is 5.97 Å². The first kappa shape index (κ1) is 16.4. The van der Waals surface area contributed by atoms with Crippen LogP contribution in [-0.2, 0) is 6.61 Å². The largest absolute Gasteiger partial charge is 0.497 e. The van der Waals surface area contributed by atoms with Gasteiger partial charge in [0.15, 0.2) is 5.69 Å². The van der Waals surface area contributed by atoms with E-state index in [-0.39, 0.29) is 11.6 Å². The van der Waals surface area contributed by atoms with Crippen LogP contribution < -0.4 is 9.47 Å². The van der Waals surface area contributed by atoms with E-state index in [1.54, 1.807) is 20.1 Å². The SMILES string of the molecule is COc1ccc(COc2cc(C)nc(-n3ccc(C(=O)O)n3)n2)cc1. The number of carbonyl (C=O) groups is 1. The Kier molecular flexibility index (Phi) is 4.60. The number of carboxylic acids is 1. The predicted molar refractivity (Wildman–Crippen MR) is 88.2 cm³/mol. The molecule has 0 aliphatic carbocycles. The van der Waals surface area contributed by atoms with Gasteiger partial charge in [-0.3, -0.25) is 0 Å². The van der Waals surface area contributed by atoms with Crippen LogP contribution in [0.4, 0.5) is 0 Å². The molecule has 0 bridgehead atoms. The van der Waals surface area contributed by atoms with Gasteiger partial charge in [-0.1, -0.05) is 12.1 Å². The summed E-state index contributed by atoms with van der Waals surface area (Å²) in [5, 5.41) is 12.9. The Morgan fingerprint density at radius 3 is 2.60 bits per heavy atom. The number of carboxylic acid groups (broad SMARTS) is 1. The van der Waals surface area contributed by atoms with Crippen LogP contribution in [0.5, 0.6) is 11.6 Å². The topological polar surface area (TPSA) is 99.4 Å². The van der Waals surface area contributed by atoms with Gasteiger partial charge >= 0.3 is 5.97 Å². The zero-order chi connectivity index (χ0) is 17.8. The Morgan fingerprint density at radius 2 is 1.96 bits per heavy atom. The van der Waals surface area contributed by atoms with Crippen molar-refractivity contribution in [3.05, 3.63) is 59.5 Å². The number of rotatable bonds is 6. The minimum atomic E-state index is -1.11. The number of nitrogens with zero attached hydrogens (tertiary/aromatic N) is 4. The van der Waals surface area contributed by atoms with E-state index >= 15 is 0 Å². The number of benzene rings is 1. The summed E-state index contributed by atoms with van der Waals surface area (Å²) in [6.07, 6.45) is 1.49. The molecule has 2 heterocycles. The van der Waals surface area contributed by atoms with Crippen molar-refractivity contribution in [1.82, 2.24) is 19.7 Å². The standard InChI is InChI=1S/C17H16N4O4/c1-11-9-15(25-10-12-3-5-13(24-2)6-4-12)19-17(18-11)21-8-7-14(20-21)16(22)23/h3-9H,10H2,1-2H3,(H,22,23). The van der Waals surface area contributed by atoms with E-state index in [0.717, 1.165) is 11.3 Å². The van der Waals surface area contributed by atoms with E-state index < -0.39 is 5.97 Å². The van der Waals surface area contributed by atoms with E-state index in [9.17, 15) is 4.79 Å². The molecule has 25 heavy (non-hydrogen) atoms. The minimum Gasteiger partial charge on any atom is -0.497 e. The molecular formula is C17H16N4O4. The van der Waals surface area contributed by atoms with Crippen LogP contribution in [0.3, 0.4) is 0 Å². The van der Waals surface area contributed by atoms with Crippen LogP contribution in [0, 0.1) is 6.92 Å². The number of aromatic carboxylic acids is 1. The fourth-order valence-corrected chi connectivity index (χ4v) is 2.13. The maximum Gasteiger partial charge on any atom is 0.356 e. The summed E-state index contributed by atoms with van der Waals surface area (Å²) in [5.41, 5.74) is 1.57. The second-order valence-electron chi connectivity index (χ2n) is 5.24. The summed E-state index contributed by atoms with van der Waals surface area (Å²) < 4.78 is 12.1. The lowest BCUT2D eigenvalue weighted by Gasteiger charge is -2.08. The van der Waals surface area contributed by atoms with Crippen molar-refractivity contribution in [2.24, 2.45) is 0 Å². The number of aryl methyl sites for hydroxylation is 1. The second-order valence-corrected chi connectivity index (χ2v) is 5.24. The summed E-state index contributed by atoms with van der Waals surface area (Å²) in [6, 6.07) is 10.6.